The van der Waals surface area contributed by atoms with Crippen molar-refractivity contribution in [3.05, 3.63) is 24.2 Å². The zero-order valence-electron chi connectivity index (χ0n) is 6.74. The van der Waals surface area contributed by atoms with E-state index in [0.717, 1.165) is 5.76 Å². The highest BCUT2D eigenvalue weighted by Crippen LogP contribution is 2.02. The Hall–Kier alpha value is -0.583. The third-order valence-electron chi connectivity index (χ3n) is 1.37. The maximum atomic E-state index is 5.36. The van der Waals surface area contributed by atoms with Crippen LogP contribution >= 0.6 is 0 Å². The normalized spacial score (nSPS) is 13.3. The van der Waals surface area contributed by atoms with Gasteiger partial charge in [0.1, 0.15) is 5.76 Å². The minimum absolute atomic E-state index is 0.522. The van der Waals surface area contributed by atoms with E-state index in [1.807, 2.05) is 18.7 Å². The standard InChI is InChI=1S/C7H12O3Si/c1-8-11(2)10-6-7-4-3-5-9-7/h3-5,11H,6H2,1-2H3. The quantitative estimate of drug-likeness (QED) is 0.641. The van der Waals surface area contributed by atoms with Gasteiger partial charge in [-0.2, -0.15) is 0 Å². The maximum Gasteiger partial charge on any atom is 0.318 e. The summed E-state index contributed by atoms with van der Waals surface area (Å²) in [5.41, 5.74) is 0. The highest BCUT2D eigenvalue weighted by Gasteiger charge is 2.03. The molecule has 1 heterocycles. The van der Waals surface area contributed by atoms with Gasteiger partial charge < -0.3 is 13.3 Å². The van der Waals surface area contributed by atoms with E-state index in [-0.39, 0.29) is 0 Å². The number of rotatable bonds is 4. The third kappa shape index (κ3) is 2.88. The van der Waals surface area contributed by atoms with Gasteiger partial charge in [-0.05, 0) is 18.7 Å². The minimum Gasteiger partial charge on any atom is -0.467 e. The van der Waals surface area contributed by atoms with Gasteiger partial charge in [-0.25, -0.2) is 0 Å². The molecule has 0 saturated heterocycles. The van der Waals surface area contributed by atoms with Crippen molar-refractivity contribution in [2.24, 2.45) is 0 Å². The molecule has 0 amide bonds. The molecule has 0 fully saturated rings. The lowest BCUT2D eigenvalue weighted by atomic mass is 10.5. The van der Waals surface area contributed by atoms with Gasteiger partial charge in [-0.15, -0.1) is 0 Å². The van der Waals surface area contributed by atoms with Crippen LogP contribution in [0.5, 0.6) is 0 Å². The van der Waals surface area contributed by atoms with Gasteiger partial charge >= 0.3 is 9.28 Å². The van der Waals surface area contributed by atoms with Gasteiger partial charge in [-0.3, -0.25) is 0 Å². The second-order valence-corrected chi connectivity index (χ2v) is 4.13. The fourth-order valence-corrected chi connectivity index (χ4v) is 1.20. The van der Waals surface area contributed by atoms with Crippen molar-refractivity contribution < 1.29 is 13.3 Å². The Balaban J connectivity index is 2.23. The fraction of sp³-hybridized carbons (Fsp3) is 0.429. The molecule has 1 aromatic rings. The van der Waals surface area contributed by atoms with Crippen LogP contribution in [-0.2, 0) is 15.5 Å². The molecule has 3 nitrogen and oxygen atoms in total. The Labute approximate surface area is 67.8 Å². The van der Waals surface area contributed by atoms with Crippen LogP contribution in [0.2, 0.25) is 6.55 Å². The Morgan fingerprint density at radius 3 is 3.00 bits per heavy atom. The van der Waals surface area contributed by atoms with Crippen molar-refractivity contribution in [2.45, 2.75) is 13.2 Å². The molecular weight excluding hydrogens is 160 g/mol. The van der Waals surface area contributed by atoms with E-state index in [0.29, 0.717) is 6.61 Å². The lowest BCUT2D eigenvalue weighted by molar-refractivity contribution is 0.207. The molecule has 11 heavy (non-hydrogen) atoms. The van der Waals surface area contributed by atoms with Gasteiger partial charge in [0.15, 0.2) is 0 Å². The molecule has 1 aromatic heterocycles. The van der Waals surface area contributed by atoms with Crippen LogP contribution < -0.4 is 0 Å². The molecule has 1 rings (SSSR count). The van der Waals surface area contributed by atoms with Crippen molar-refractivity contribution in [3.8, 4) is 0 Å². The van der Waals surface area contributed by atoms with E-state index in [4.69, 9.17) is 13.3 Å². The molecule has 0 saturated carbocycles. The summed E-state index contributed by atoms with van der Waals surface area (Å²) in [6, 6.07) is 3.73. The summed E-state index contributed by atoms with van der Waals surface area (Å²) < 4.78 is 15.5. The molecule has 0 N–H and O–H groups in total. The first kappa shape index (κ1) is 8.51. The molecule has 4 heteroatoms. The first-order valence-electron chi connectivity index (χ1n) is 3.49. The van der Waals surface area contributed by atoms with Gasteiger partial charge in [-0.1, -0.05) is 0 Å². The largest absolute Gasteiger partial charge is 0.467 e. The average Bonchev–Trinajstić information content (AvgIpc) is 2.52. The Morgan fingerprint density at radius 2 is 2.45 bits per heavy atom. The van der Waals surface area contributed by atoms with Crippen molar-refractivity contribution in [1.82, 2.24) is 0 Å². The van der Waals surface area contributed by atoms with Crippen molar-refractivity contribution >= 4 is 9.28 Å². The topological polar surface area (TPSA) is 31.6 Å². The van der Waals surface area contributed by atoms with E-state index < -0.39 is 9.28 Å². The van der Waals surface area contributed by atoms with E-state index >= 15 is 0 Å². The molecule has 0 spiro atoms. The van der Waals surface area contributed by atoms with Crippen LogP contribution in [0.3, 0.4) is 0 Å². The van der Waals surface area contributed by atoms with E-state index in [1.165, 1.54) is 0 Å². The van der Waals surface area contributed by atoms with Crippen molar-refractivity contribution in [2.75, 3.05) is 7.11 Å². The molecule has 0 aliphatic carbocycles. The van der Waals surface area contributed by atoms with Gasteiger partial charge in [0.2, 0.25) is 0 Å². The monoisotopic (exact) mass is 172 g/mol. The van der Waals surface area contributed by atoms with Crippen LogP contribution in [0.1, 0.15) is 5.76 Å². The first-order valence-corrected chi connectivity index (χ1v) is 5.59. The van der Waals surface area contributed by atoms with Crippen LogP contribution in [0.15, 0.2) is 22.8 Å². The smallest absolute Gasteiger partial charge is 0.318 e. The molecule has 1 unspecified atom stereocenters. The van der Waals surface area contributed by atoms with Gasteiger partial charge in [0.05, 0.1) is 12.9 Å². The number of hydrogen-bond acceptors (Lipinski definition) is 3. The summed E-state index contributed by atoms with van der Waals surface area (Å²) >= 11 is 0. The summed E-state index contributed by atoms with van der Waals surface area (Å²) in [6.07, 6.45) is 1.64. The van der Waals surface area contributed by atoms with Crippen LogP contribution in [0.25, 0.3) is 0 Å². The fourth-order valence-electron chi connectivity index (χ4n) is 0.662. The minimum atomic E-state index is -1.39. The van der Waals surface area contributed by atoms with Crippen LogP contribution in [-0.4, -0.2) is 16.4 Å². The summed E-state index contributed by atoms with van der Waals surface area (Å²) in [4.78, 5) is 0. The highest BCUT2D eigenvalue weighted by atomic mass is 28.3. The molecule has 62 valence electrons. The number of hydrogen-bond donors (Lipinski definition) is 0. The Kier molecular flexibility index (Phi) is 3.35. The summed E-state index contributed by atoms with van der Waals surface area (Å²) in [6.45, 7) is 2.50. The zero-order valence-corrected chi connectivity index (χ0v) is 7.90. The molecule has 1 atom stereocenters. The third-order valence-corrected chi connectivity index (χ3v) is 2.67. The lowest BCUT2D eigenvalue weighted by Gasteiger charge is -2.06. The molecule has 0 aliphatic rings. The predicted octanol–water partition coefficient (Wildman–Crippen LogP) is 1.29. The predicted molar refractivity (Wildman–Crippen MR) is 43.5 cm³/mol. The second-order valence-electron chi connectivity index (χ2n) is 2.19. The lowest BCUT2D eigenvalue weighted by Crippen LogP contribution is -2.15. The SMILES string of the molecule is CO[SiH](C)OCc1ccco1. The molecule has 0 bridgehead atoms. The van der Waals surface area contributed by atoms with E-state index in [1.54, 1.807) is 13.4 Å². The Bertz CT molecular complexity index is 186. The highest BCUT2D eigenvalue weighted by molar-refractivity contribution is 6.42. The Morgan fingerprint density at radius 1 is 1.64 bits per heavy atom. The van der Waals surface area contributed by atoms with Crippen molar-refractivity contribution in [3.63, 3.8) is 0 Å². The first-order chi connectivity index (χ1) is 5.33. The molecule has 0 aromatic carbocycles. The van der Waals surface area contributed by atoms with Gasteiger partial charge in [0, 0.05) is 7.11 Å². The van der Waals surface area contributed by atoms with Crippen LogP contribution in [0, 0.1) is 0 Å². The maximum absolute atomic E-state index is 5.36. The summed E-state index contributed by atoms with van der Waals surface area (Å²) in [7, 11) is 0.280. The number of furan rings is 1. The average molecular weight is 172 g/mol. The summed E-state index contributed by atoms with van der Waals surface area (Å²) in [5, 5.41) is 0. The molecule has 0 radical (unpaired) electrons. The van der Waals surface area contributed by atoms with E-state index in [2.05, 4.69) is 0 Å². The van der Waals surface area contributed by atoms with Crippen LogP contribution in [0.4, 0.5) is 0 Å². The molecular formula is C7H12O3Si. The van der Waals surface area contributed by atoms with Crippen molar-refractivity contribution in [1.29, 1.82) is 0 Å². The van der Waals surface area contributed by atoms with Gasteiger partial charge in [0.25, 0.3) is 0 Å². The van der Waals surface area contributed by atoms with E-state index in [9.17, 15) is 0 Å². The summed E-state index contributed by atoms with van der Waals surface area (Å²) in [5.74, 6) is 0.849. The zero-order chi connectivity index (χ0) is 8.10. The second kappa shape index (κ2) is 4.33. The molecule has 0 aliphatic heterocycles.